The molecule has 1 unspecified atom stereocenters. The quantitative estimate of drug-likeness (QED) is 0.159. The number of ether oxygens (including phenoxy) is 1. The van der Waals surface area contributed by atoms with Crippen LogP contribution in [0.3, 0.4) is 0 Å². The molecule has 1 fully saturated rings. The molecule has 1 saturated heterocycles. The van der Waals surface area contributed by atoms with Crippen molar-refractivity contribution in [3.05, 3.63) is 105 Å². The zero-order valence-electron chi connectivity index (χ0n) is 22.8. The summed E-state index contributed by atoms with van der Waals surface area (Å²) >= 11 is 0. The summed E-state index contributed by atoms with van der Waals surface area (Å²) in [6.07, 6.45) is -5.33. The van der Waals surface area contributed by atoms with Gasteiger partial charge in [0, 0.05) is 35.8 Å². The van der Waals surface area contributed by atoms with Crippen molar-refractivity contribution in [3.8, 4) is 0 Å². The van der Waals surface area contributed by atoms with E-state index in [1.807, 2.05) is 11.8 Å². The molecule has 7 nitrogen and oxygen atoms in total. The Kier molecular flexibility index (Phi) is 7.30. The molecule has 3 aromatic carbocycles. The van der Waals surface area contributed by atoms with Gasteiger partial charge in [-0.25, -0.2) is 14.0 Å². The summed E-state index contributed by atoms with van der Waals surface area (Å²) in [4.78, 5) is 38.7. The number of esters is 2. The SMILES string of the molecule is Cc1cc(C(C)Nc2ccccc2C(=O)OC(=O)C(F)(F)F)c2oc(N3CC(C)(c4ccccc4F)C3)cc(=O)c2c1. The van der Waals surface area contributed by atoms with Crippen LogP contribution in [0.15, 0.2) is 75.9 Å². The molecule has 1 atom stereocenters. The molecule has 4 aromatic rings. The van der Waals surface area contributed by atoms with Gasteiger partial charge in [0.05, 0.1) is 17.0 Å². The molecule has 2 heterocycles. The summed E-state index contributed by atoms with van der Waals surface area (Å²) in [5.74, 6) is -4.07. The summed E-state index contributed by atoms with van der Waals surface area (Å²) in [5, 5.41) is 3.39. The molecule has 5 rings (SSSR count). The molecule has 1 aliphatic heterocycles. The molecule has 1 N–H and O–H groups in total. The van der Waals surface area contributed by atoms with Crippen LogP contribution in [0.5, 0.6) is 0 Å². The molecule has 0 radical (unpaired) electrons. The van der Waals surface area contributed by atoms with Gasteiger partial charge in [0.1, 0.15) is 11.4 Å². The van der Waals surface area contributed by atoms with Crippen molar-refractivity contribution < 1.29 is 36.3 Å². The van der Waals surface area contributed by atoms with Crippen molar-refractivity contribution in [2.75, 3.05) is 23.3 Å². The van der Waals surface area contributed by atoms with Crippen LogP contribution in [0.25, 0.3) is 11.0 Å². The molecular formula is C31H26F4N2O5. The number of alkyl halides is 3. The molecule has 218 valence electrons. The smallest absolute Gasteiger partial charge is 0.440 e. The van der Waals surface area contributed by atoms with Gasteiger partial charge in [-0.3, -0.25) is 4.79 Å². The third kappa shape index (κ3) is 5.46. The van der Waals surface area contributed by atoms with Gasteiger partial charge in [-0.2, -0.15) is 13.2 Å². The minimum absolute atomic E-state index is 0.113. The van der Waals surface area contributed by atoms with Crippen molar-refractivity contribution in [2.45, 2.75) is 38.4 Å². The lowest BCUT2D eigenvalue weighted by molar-refractivity contribution is -0.193. The predicted octanol–water partition coefficient (Wildman–Crippen LogP) is 6.44. The third-order valence-corrected chi connectivity index (χ3v) is 7.31. The van der Waals surface area contributed by atoms with Crippen LogP contribution in [0.2, 0.25) is 0 Å². The fourth-order valence-electron chi connectivity index (χ4n) is 5.27. The number of benzene rings is 3. The van der Waals surface area contributed by atoms with E-state index in [4.69, 9.17) is 4.42 Å². The van der Waals surface area contributed by atoms with E-state index < -0.39 is 29.6 Å². The number of para-hydroxylation sites is 1. The Hall–Kier alpha value is -4.67. The van der Waals surface area contributed by atoms with Crippen LogP contribution >= 0.6 is 0 Å². The van der Waals surface area contributed by atoms with Crippen LogP contribution in [0.1, 0.15) is 46.9 Å². The lowest BCUT2D eigenvalue weighted by atomic mass is 9.75. The Balaban J connectivity index is 1.45. The van der Waals surface area contributed by atoms with E-state index in [2.05, 4.69) is 10.1 Å². The summed E-state index contributed by atoms with van der Waals surface area (Å²) < 4.78 is 62.7. The topological polar surface area (TPSA) is 88.8 Å². The first-order valence-corrected chi connectivity index (χ1v) is 13.0. The minimum Gasteiger partial charge on any atom is -0.440 e. The first-order valence-electron chi connectivity index (χ1n) is 13.0. The molecule has 0 amide bonds. The van der Waals surface area contributed by atoms with Gasteiger partial charge in [0.2, 0.25) is 0 Å². The highest BCUT2D eigenvalue weighted by Gasteiger charge is 2.44. The van der Waals surface area contributed by atoms with Crippen molar-refractivity contribution >= 4 is 34.5 Å². The highest BCUT2D eigenvalue weighted by atomic mass is 19.4. The monoisotopic (exact) mass is 582 g/mol. The predicted molar refractivity (Wildman–Crippen MR) is 148 cm³/mol. The number of carbonyl (C=O) groups is 2. The Bertz CT molecular complexity index is 1760. The number of anilines is 2. The average Bonchev–Trinajstić information content (AvgIpc) is 2.91. The van der Waals surface area contributed by atoms with E-state index >= 15 is 0 Å². The standard InChI is InChI=1S/C31H26F4N2O5/c1-17-12-20(18(2)36-24-11-7-4-8-19(24)28(39)42-29(40)31(33,34)35)27-21(13-17)25(38)14-26(41-27)37-15-30(3,16-37)22-9-5-6-10-23(22)32/h4-14,18,36H,15-16H2,1-3H3. The molecule has 0 saturated carbocycles. The largest absolute Gasteiger partial charge is 0.491 e. The number of halogens is 4. The zero-order valence-corrected chi connectivity index (χ0v) is 22.8. The third-order valence-electron chi connectivity index (χ3n) is 7.31. The fourth-order valence-corrected chi connectivity index (χ4v) is 5.27. The number of nitrogens with one attached hydrogen (secondary N) is 1. The van der Waals surface area contributed by atoms with Crippen LogP contribution in [0, 0.1) is 12.7 Å². The number of rotatable bonds is 6. The zero-order chi connectivity index (χ0) is 30.4. The molecule has 11 heteroatoms. The second kappa shape index (κ2) is 10.6. The van der Waals surface area contributed by atoms with E-state index in [1.54, 1.807) is 50.2 Å². The van der Waals surface area contributed by atoms with Gasteiger partial charge in [0.15, 0.2) is 11.3 Å². The first-order chi connectivity index (χ1) is 19.8. The maximum Gasteiger partial charge on any atom is 0.491 e. The van der Waals surface area contributed by atoms with E-state index in [0.717, 1.165) is 5.56 Å². The van der Waals surface area contributed by atoms with Crippen LogP contribution in [-0.4, -0.2) is 31.2 Å². The van der Waals surface area contributed by atoms with Gasteiger partial charge in [-0.05, 0) is 49.2 Å². The van der Waals surface area contributed by atoms with Crippen molar-refractivity contribution in [2.24, 2.45) is 0 Å². The Morgan fingerprint density at radius 1 is 1.05 bits per heavy atom. The number of fused-ring (bicyclic) bond motifs is 1. The van der Waals surface area contributed by atoms with Gasteiger partial charge >= 0.3 is 18.1 Å². The van der Waals surface area contributed by atoms with Crippen molar-refractivity contribution in [1.29, 1.82) is 0 Å². The van der Waals surface area contributed by atoms with Gasteiger partial charge < -0.3 is 19.4 Å². The second-order valence-electron chi connectivity index (χ2n) is 10.7. The van der Waals surface area contributed by atoms with E-state index in [9.17, 15) is 31.9 Å². The number of nitrogens with zero attached hydrogens (tertiary/aromatic N) is 1. The Morgan fingerprint density at radius 2 is 1.71 bits per heavy atom. The average molecular weight is 583 g/mol. The summed E-state index contributed by atoms with van der Waals surface area (Å²) in [7, 11) is 0. The molecule has 0 bridgehead atoms. The lowest BCUT2D eigenvalue weighted by Gasteiger charge is -2.48. The molecule has 0 aliphatic carbocycles. The van der Waals surface area contributed by atoms with Crippen molar-refractivity contribution in [3.63, 3.8) is 0 Å². The highest BCUT2D eigenvalue weighted by molar-refractivity contribution is 6.02. The second-order valence-corrected chi connectivity index (χ2v) is 10.7. The van der Waals surface area contributed by atoms with Crippen LogP contribution < -0.4 is 15.6 Å². The van der Waals surface area contributed by atoms with Gasteiger partial charge in [0.25, 0.3) is 0 Å². The normalized spacial score (nSPS) is 15.2. The maximum atomic E-state index is 14.5. The lowest BCUT2D eigenvalue weighted by Crippen LogP contribution is -2.58. The van der Waals surface area contributed by atoms with Crippen LogP contribution in [-0.2, 0) is 14.9 Å². The van der Waals surface area contributed by atoms with Crippen molar-refractivity contribution in [1.82, 2.24) is 0 Å². The summed E-state index contributed by atoms with van der Waals surface area (Å²) in [6, 6.07) is 16.5. The Morgan fingerprint density at radius 3 is 2.40 bits per heavy atom. The maximum absolute atomic E-state index is 14.5. The number of hydrogen-bond donors (Lipinski definition) is 1. The molecule has 1 aromatic heterocycles. The Labute approximate surface area is 237 Å². The van der Waals surface area contributed by atoms with Gasteiger partial charge in [-0.1, -0.05) is 43.3 Å². The fraction of sp³-hybridized carbons (Fsp3) is 0.258. The highest BCUT2D eigenvalue weighted by Crippen LogP contribution is 2.39. The van der Waals surface area contributed by atoms with Gasteiger partial charge in [-0.15, -0.1) is 0 Å². The molecule has 1 aliphatic rings. The number of hydrogen-bond acceptors (Lipinski definition) is 7. The number of carbonyl (C=O) groups excluding carboxylic acids is 2. The number of aryl methyl sites for hydroxylation is 1. The molecular weight excluding hydrogens is 556 g/mol. The molecule has 42 heavy (non-hydrogen) atoms. The minimum atomic E-state index is -5.33. The van der Waals surface area contributed by atoms with E-state index in [-0.39, 0.29) is 28.1 Å². The van der Waals surface area contributed by atoms with E-state index in [1.165, 1.54) is 30.3 Å². The molecule has 0 spiro atoms. The first kappa shape index (κ1) is 28.8. The van der Waals surface area contributed by atoms with Crippen LogP contribution in [0.4, 0.5) is 29.1 Å². The van der Waals surface area contributed by atoms with E-state index in [0.29, 0.717) is 35.5 Å². The summed E-state index contributed by atoms with van der Waals surface area (Å²) in [5.41, 5.74) is 1.24. The summed E-state index contributed by atoms with van der Waals surface area (Å²) in [6.45, 7) is 6.30.